The predicted octanol–water partition coefficient (Wildman–Crippen LogP) is 3.19. The Labute approximate surface area is 90.5 Å². The summed E-state index contributed by atoms with van der Waals surface area (Å²) >= 11 is 0. The van der Waals surface area contributed by atoms with Crippen LogP contribution in [-0.4, -0.2) is 4.98 Å². The van der Waals surface area contributed by atoms with Gasteiger partial charge in [0.2, 0.25) is 0 Å². The van der Waals surface area contributed by atoms with Crippen LogP contribution < -0.4 is 4.74 Å². The summed E-state index contributed by atoms with van der Waals surface area (Å²) in [6, 6.07) is 8.00. The molecule has 2 aromatic rings. The minimum Gasteiger partial charge on any atom is -0.427 e. The van der Waals surface area contributed by atoms with Crippen molar-refractivity contribution < 1.29 is 13.5 Å². The van der Waals surface area contributed by atoms with Crippen molar-refractivity contribution in [2.24, 2.45) is 0 Å². The molecule has 3 rings (SSSR count). The fourth-order valence-electron chi connectivity index (χ4n) is 1.85. The van der Waals surface area contributed by atoms with E-state index in [1.165, 1.54) is 12.3 Å². The maximum absolute atomic E-state index is 13.6. The second-order valence-electron chi connectivity index (χ2n) is 3.54. The van der Waals surface area contributed by atoms with E-state index in [4.69, 9.17) is 0 Å². The predicted molar refractivity (Wildman–Crippen MR) is 54.2 cm³/mol. The summed E-state index contributed by atoms with van der Waals surface area (Å²) in [5.74, 6) is 0.117. The Hall–Kier alpha value is -1.97. The fraction of sp³-hybridized carbons (Fsp3) is 0.0833. The van der Waals surface area contributed by atoms with Gasteiger partial charge in [-0.1, -0.05) is 18.2 Å². The van der Waals surface area contributed by atoms with E-state index < -0.39 is 6.11 Å². The summed E-state index contributed by atoms with van der Waals surface area (Å²) in [4.78, 5) is 3.78. The third-order valence-electron chi connectivity index (χ3n) is 2.55. The van der Waals surface area contributed by atoms with Gasteiger partial charge in [0, 0.05) is 11.8 Å². The molecule has 0 saturated heterocycles. The van der Waals surface area contributed by atoms with Crippen molar-refractivity contribution >= 4 is 0 Å². The van der Waals surface area contributed by atoms with Crippen molar-refractivity contribution in [2.45, 2.75) is 6.11 Å². The monoisotopic (exact) mass is 219 g/mol. The molecule has 4 heteroatoms. The van der Waals surface area contributed by atoms with Gasteiger partial charge in [-0.25, -0.2) is 0 Å². The van der Waals surface area contributed by atoms with E-state index in [0.29, 0.717) is 11.1 Å². The molecular formula is C12H7F2NO. The number of alkyl halides is 2. The molecule has 0 radical (unpaired) electrons. The molecule has 80 valence electrons. The molecule has 0 unspecified atom stereocenters. The molecule has 0 fully saturated rings. The summed E-state index contributed by atoms with van der Waals surface area (Å²) in [5, 5.41) is 0. The van der Waals surface area contributed by atoms with Crippen LogP contribution in [0.3, 0.4) is 0 Å². The molecule has 0 aliphatic carbocycles. The Morgan fingerprint density at radius 1 is 1.06 bits per heavy atom. The number of hydrogen-bond donors (Lipinski definition) is 0. The van der Waals surface area contributed by atoms with Crippen LogP contribution in [0.5, 0.6) is 5.75 Å². The highest BCUT2D eigenvalue weighted by atomic mass is 19.3. The van der Waals surface area contributed by atoms with Crippen LogP contribution >= 0.6 is 0 Å². The molecule has 0 amide bonds. The molecule has 16 heavy (non-hydrogen) atoms. The zero-order valence-electron chi connectivity index (χ0n) is 8.15. The molecule has 1 aliphatic heterocycles. The Balaban J connectivity index is 2.33. The number of nitrogens with zero attached hydrogens (tertiary/aromatic N) is 1. The van der Waals surface area contributed by atoms with Crippen LogP contribution in [-0.2, 0) is 6.11 Å². The summed E-state index contributed by atoms with van der Waals surface area (Å²) in [7, 11) is 0. The van der Waals surface area contributed by atoms with Gasteiger partial charge in [0.25, 0.3) is 0 Å². The molecule has 2 heterocycles. The van der Waals surface area contributed by atoms with Crippen LogP contribution in [0.4, 0.5) is 8.78 Å². The van der Waals surface area contributed by atoms with Crippen LogP contribution in [0.2, 0.25) is 0 Å². The summed E-state index contributed by atoms with van der Waals surface area (Å²) < 4.78 is 31.9. The molecular weight excluding hydrogens is 212 g/mol. The summed E-state index contributed by atoms with van der Waals surface area (Å²) in [5.41, 5.74) is 1.04. The van der Waals surface area contributed by atoms with Crippen LogP contribution in [0, 0.1) is 0 Å². The highest BCUT2D eigenvalue weighted by molar-refractivity contribution is 5.75. The lowest BCUT2D eigenvalue weighted by molar-refractivity contribution is -0.187. The van der Waals surface area contributed by atoms with E-state index in [1.807, 2.05) is 0 Å². The van der Waals surface area contributed by atoms with Gasteiger partial charge in [0.05, 0.1) is 11.8 Å². The lowest BCUT2D eigenvalue weighted by Gasteiger charge is -2.27. The largest absolute Gasteiger partial charge is 0.427 e. The number of halogens is 2. The van der Waals surface area contributed by atoms with E-state index in [-0.39, 0.29) is 11.3 Å². The average molecular weight is 219 g/mol. The highest BCUT2D eigenvalue weighted by Gasteiger charge is 2.41. The Morgan fingerprint density at radius 3 is 2.75 bits per heavy atom. The Kier molecular flexibility index (Phi) is 1.74. The second kappa shape index (κ2) is 3.01. The molecule has 1 aliphatic rings. The molecule has 0 bridgehead atoms. The van der Waals surface area contributed by atoms with Crippen LogP contribution in [0.15, 0.2) is 42.7 Å². The molecule has 2 nitrogen and oxygen atoms in total. The number of pyridine rings is 1. The quantitative estimate of drug-likeness (QED) is 0.678. The number of hydrogen-bond acceptors (Lipinski definition) is 2. The average Bonchev–Trinajstić information content (AvgIpc) is 2.29. The van der Waals surface area contributed by atoms with Gasteiger partial charge in [-0.3, -0.25) is 4.98 Å². The number of aromatic nitrogens is 1. The Morgan fingerprint density at radius 2 is 1.88 bits per heavy atom. The van der Waals surface area contributed by atoms with Crippen molar-refractivity contribution in [3.63, 3.8) is 0 Å². The van der Waals surface area contributed by atoms with Gasteiger partial charge < -0.3 is 4.74 Å². The van der Waals surface area contributed by atoms with Gasteiger partial charge in [-0.2, -0.15) is 8.78 Å². The zero-order valence-corrected chi connectivity index (χ0v) is 8.15. The van der Waals surface area contributed by atoms with E-state index in [2.05, 4.69) is 9.72 Å². The molecule has 1 aromatic heterocycles. The lowest BCUT2D eigenvalue weighted by Crippen LogP contribution is -2.26. The zero-order chi connectivity index (χ0) is 11.2. The van der Waals surface area contributed by atoms with E-state index in [9.17, 15) is 8.78 Å². The number of ether oxygens (including phenoxy) is 1. The first-order valence-electron chi connectivity index (χ1n) is 4.79. The SMILES string of the molecule is FC1(F)Oc2cnccc2-c2ccccc21. The normalized spacial score (nSPS) is 15.9. The third-order valence-corrected chi connectivity index (χ3v) is 2.55. The molecule has 0 atom stereocenters. The van der Waals surface area contributed by atoms with E-state index in [0.717, 1.165) is 0 Å². The van der Waals surface area contributed by atoms with Gasteiger partial charge >= 0.3 is 6.11 Å². The number of benzene rings is 1. The minimum absolute atomic E-state index is 0.103. The van der Waals surface area contributed by atoms with Crippen LogP contribution in [0.1, 0.15) is 5.56 Å². The van der Waals surface area contributed by atoms with Crippen LogP contribution in [0.25, 0.3) is 11.1 Å². The minimum atomic E-state index is -3.29. The van der Waals surface area contributed by atoms with Crippen molar-refractivity contribution in [2.75, 3.05) is 0 Å². The smallest absolute Gasteiger partial charge is 0.427 e. The molecule has 0 saturated carbocycles. The molecule has 0 N–H and O–H groups in total. The van der Waals surface area contributed by atoms with Crippen molar-refractivity contribution in [3.8, 4) is 16.9 Å². The topological polar surface area (TPSA) is 22.1 Å². The fourth-order valence-corrected chi connectivity index (χ4v) is 1.85. The van der Waals surface area contributed by atoms with E-state index in [1.54, 1.807) is 30.5 Å². The third kappa shape index (κ3) is 1.19. The molecule has 0 spiro atoms. The van der Waals surface area contributed by atoms with Crippen molar-refractivity contribution in [3.05, 3.63) is 48.3 Å². The van der Waals surface area contributed by atoms with Crippen molar-refractivity contribution in [1.29, 1.82) is 0 Å². The maximum atomic E-state index is 13.6. The highest BCUT2D eigenvalue weighted by Crippen LogP contribution is 2.45. The van der Waals surface area contributed by atoms with Crippen molar-refractivity contribution in [1.82, 2.24) is 4.98 Å². The first-order valence-corrected chi connectivity index (χ1v) is 4.79. The van der Waals surface area contributed by atoms with Gasteiger partial charge in [0.1, 0.15) is 0 Å². The maximum Gasteiger partial charge on any atom is 0.427 e. The summed E-state index contributed by atoms with van der Waals surface area (Å²) in [6.45, 7) is 0. The number of rotatable bonds is 0. The van der Waals surface area contributed by atoms with Gasteiger partial charge in [-0.05, 0) is 17.7 Å². The Bertz CT molecular complexity index is 554. The van der Waals surface area contributed by atoms with Gasteiger partial charge in [0.15, 0.2) is 5.75 Å². The molecule has 1 aromatic carbocycles. The van der Waals surface area contributed by atoms with E-state index >= 15 is 0 Å². The van der Waals surface area contributed by atoms with Gasteiger partial charge in [-0.15, -0.1) is 0 Å². The lowest BCUT2D eigenvalue weighted by atomic mass is 9.97. The first kappa shape index (κ1) is 9.27. The first-order chi connectivity index (χ1) is 7.68. The number of fused-ring (bicyclic) bond motifs is 3. The second-order valence-corrected chi connectivity index (χ2v) is 3.54. The summed E-state index contributed by atoms with van der Waals surface area (Å²) in [6.07, 6.45) is -0.422. The standard InChI is InChI=1S/C12H7F2NO/c13-12(14)10-4-2-1-3-8(10)9-5-6-15-7-11(9)16-12/h1-7H.